The summed E-state index contributed by atoms with van der Waals surface area (Å²) in [4.78, 5) is 25.3. The van der Waals surface area contributed by atoms with Crippen LogP contribution in [-0.2, 0) is 16.1 Å². The van der Waals surface area contributed by atoms with Crippen molar-refractivity contribution in [3.05, 3.63) is 35.9 Å². The van der Waals surface area contributed by atoms with Gasteiger partial charge in [-0.3, -0.25) is 9.59 Å². The average molecular weight is 296 g/mol. The van der Waals surface area contributed by atoms with Gasteiger partial charge in [-0.1, -0.05) is 46.3 Å². The van der Waals surface area contributed by atoms with E-state index >= 15 is 0 Å². The molecule has 0 aromatic heterocycles. The Bertz CT molecular complexity index is 419. The highest BCUT2D eigenvalue weighted by Gasteiger charge is 2.35. The van der Waals surface area contributed by atoms with E-state index in [1.807, 2.05) is 30.3 Å². The van der Waals surface area contributed by atoms with Crippen molar-refractivity contribution in [2.75, 3.05) is 11.9 Å². The van der Waals surface area contributed by atoms with E-state index in [1.165, 1.54) is 0 Å². The minimum Gasteiger partial charge on any atom is -0.338 e. The molecule has 1 aromatic rings. The number of hydrogen-bond donors (Lipinski definition) is 0. The van der Waals surface area contributed by atoms with Gasteiger partial charge in [-0.2, -0.15) is 0 Å². The van der Waals surface area contributed by atoms with Gasteiger partial charge in [0.15, 0.2) is 5.78 Å². The second-order valence-corrected chi connectivity index (χ2v) is 4.75. The molecule has 0 bridgehead atoms. The van der Waals surface area contributed by atoms with Gasteiger partial charge in [-0.15, -0.1) is 0 Å². The van der Waals surface area contributed by atoms with Crippen molar-refractivity contribution in [1.29, 1.82) is 0 Å². The summed E-state index contributed by atoms with van der Waals surface area (Å²) in [6.45, 7) is 1.28. The van der Waals surface area contributed by atoms with Crippen molar-refractivity contribution in [1.82, 2.24) is 4.90 Å². The number of alkyl halides is 1. The molecule has 1 atom stereocenters. The lowest BCUT2D eigenvalue weighted by molar-refractivity contribution is -0.136. The maximum Gasteiger partial charge on any atom is 0.233 e. The van der Waals surface area contributed by atoms with Gasteiger partial charge in [-0.25, -0.2) is 0 Å². The highest BCUT2D eigenvalue weighted by atomic mass is 79.9. The molecule has 4 heteroatoms. The number of ketones is 1. The summed E-state index contributed by atoms with van der Waals surface area (Å²) >= 11 is 3.12. The second-order valence-electron chi connectivity index (χ2n) is 4.19. The van der Waals surface area contributed by atoms with Crippen LogP contribution in [0.2, 0.25) is 0 Å². The fourth-order valence-corrected chi connectivity index (χ4v) is 2.48. The molecule has 90 valence electrons. The number of likely N-dealkylation sites (tertiary alicyclic amines) is 1. The van der Waals surface area contributed by atoms with E-state index in [0.29, 0.717) is 19.5 Å². The zero-order chi connectivity index (χ0) is 12.3. The van der Waals surface area contributed by atoms with Crippen LogP contribution in [0.1, 0.15) is 12.0 Å². The molecule has 1 aliphatic rings. The summed E-state index contributed by atoms with van der Waals surface area (Å²) in [5.74, 6) is -0.470. The Balaban J connectivity index is 2.01. The van der Waals surface area contributed by atoms with Gasteiger partial charge in [0.1, 0.15) is 0 Å². The molecule has 0 aliphatic carbocycles. The summed E-state index contributed by atoms with van der Waals surface area (Å²) in [6, 6.07) is 9.85. The fraction of sp³-hybridized carbons (Fsp3) is 0.385. The van der Waals surface area contributed by atoms with Crippen LogP contribution in [0.15, 0.2) is 30.3 Å². The summed E-state index contributed by atoms with van der Waals surface area (Å²) in [6.07, 6.45) is 0.649. The maximum atomic E-state index is 12.0. The lowest BCUT2D eigenvalue weighted by Crippen LogP contribution is -2.30. The molecule has 17 heavy (non-hydrogen) atoms. The number of benzene rings is 1. The molecule has 0 N–H and O–H groups in total. The van der Waals surface area contributed by atoms with Crippen molar-refractivity contribution < 1.29 is 9.59 Å². The van der Waals surface area contributed by atoms with E-state index in [-0.39, 0.29) is 17.0 Å². The van der Waals surface area contributed by atoms with Crippen molar-refractivity contribution in [2.45, 2.75) is 13.0 Å². The Hall–Kier alpha value is -1.16. The van der Waals surface area contributed by atoms with Crippen LogP contribution in [0.25, 0.3) is 0 Å². The van der Waals surface area contributed by atoms with E-state index in [9.17, 15) is 9.59 Å². The highest BCUT2D eigenvalue weighted by Crippen LogP contribution is 2.21. The van der Waals surface area contributed by atoms with Crippen molar-refractivity contribution in [3.63, 3.8) is 0 Å². The first-order chi connectivity index (χ1) is 8.22. The lowest BCUT2D eigenvalue weighted by Gasteiger charge is -2.16. The zero-order valence-corrected chi connectivity index (χ0v) is 11.0. The lowest BCUT2D eigenvalue weighted by atomic mass is 10.0. The first kappa shape index (κ1) is 12.3. The molecular weight excluding hydrogens is 282 g/mol. The number of nitrogens with zero attached hydrogens (tertiary/aromatic N) is 1. The Morgan fingerprint density at radius 3 is 2.71 bits per heavy atom. The molecule has 1 aliphatic heterocycles. The van der Waals surface area contributed by atoms with Crippen LogP contribution >= 0.6 is 15.9 Å². The molecule has 1 unspecified atom stereocenters. The molecule has 2 rings (SSSR count). The monoisotopic (exact) mass is 295 g/mol. The molecule has 1 aromatic carbocycles. The van der Waals surface area contributed by atoms with Gasteiger partial charge in [0.2, 0.25) is 5.91 Å². The first-order valence-corrected chi connectivity index (χ1v) is 6.76. The average Bonchev–Trinajstić information content (AvgIpc) is 2.72. The largest absolute Gasteiger partial charge is 0.338 e. The molecule has 3 nitrogen and oxygen atoms in total. The summed E-state index contributed by atoms with van der Waals surface area (Å²) < 4.78 is 0. The number of rotatable bonds is 4. The van der Waals surface area contributed by atoms with Gasteiger partial charge in [-0.05, 0) is 12.0 Å². The van der Waals surface area contributed by atoms with Gasteiger partial charge in [0.05, 0.1) is 11.2 Å². The van der Waals surface area contributed by atoms with E-state index in [2.05, 4.69) is 15.9 Å². The summed E-state index contributed by atoms with van der Waals surface area (Å²) in [7, 11) is 0. The molecule has 1 amide bonds. The third-order valence-corrected chi connectivity index (χ3v) is 3.59. The molecule has 1 heterocycles. The minimum atomic E-state index is -0.432. The predicted molar refractivity (Wildman–Crippen MR) is 68.8 cm³/mol. The number of carbonyl (C=O) groups is 2. The third kappa shape index (κ3) is 2.75. The summed E-state index contributed by atoms with van der Waals surface area (Å²) in [5, 5.41) is 0.266. The highest BCUT2D eigenvalue weighted by molar-refractivity contribution is 9.09. The SMILES string of the molecule is O=C(CBr)C1CCN(Cc2ccccc2)C1=O. The predicted octanol–water partition coefficient (Wildman–Crippen LogP) is 2.00. The van der Waals surface area contributed by atoms with Crippen LogP contribution in [0.3, 0.4) is 0 Å². The second kappa shape index (κ2) is 5.45. The molecular formula is C13H14BrNO2. The molecule has 0 radical (unpaired) electrons. The molecule has 1 fully saturated rings. The quantitative estimate of drug-likeness (QED) is 0.629. The van der Waals surface area contributed by atoms with Gasteiger partial charge in [0.25, 0.3) is 0 Å². The Kier molecular flexibility index (Phi) is 3.94. The Morgan fingerprint density at radius 2 is 2.06 bits per heavy atom. The number of Topliss-reactive ketones (excluding diaryl/α,β-unsaturated/α-hetero) is 1. The number of carbonyl (C=O) groups excluding carboxylic acids is 2. The molecule has 1 saturated heterocycles. The fourth-order valence-electron chi connectivity index (χ4n) is 2.09. The first-order valence-electron chi connectivity index (χ1n) is 5.63. The van der Waals surface area contributed by atoms with Crippen LogP contribution in [0.4, 0.5) is 0 Å². The normalized spacial score (nSPS) is 19.7. The molecule has 0 saturated carbocycles. The van der Waals surface area contributed by atoms with Crippen molar-refractivity contribution in [3.8, 4) is 0 Å². The van der Waals surface area contributed by atoms with E-state index in [0.717, 1.165) is 5.56 Å². The Morgan fingerprint density at radius 1 is 1.35 bits per heavy atom. The third-order valence-electron chi connectivity index (χ3n) is 3.03. The minimum absolute atomic E-state index is 0.00874. The topological polar surface area (TPSA) is 37.4 Å². The van der Waals surface area contributed by atoms with E-state index in [1.54, 1.807) is 4.90 Å². The number of amides is 1. The molecule has 0 spiro atoms. The van der Waals surface area contributed by atoms with Crippen LogP contribution in [0.5, 0.6) is 0 Å². The Labute approximate surface area is 109 Å². The smallest absolute Gasteiger partial charge is 0.233 e. The zero-order valence-electron chi connectivity index (χ0n) is 9.43. The van der Waals surface area contributed by atoms with Crippen LogP contribution in [-0.4, -0.2) is 28.5 Å². The van der Waals surface area contributed by atoms with E-state index in [4.69, 9.17) is 0 Å². The maximum absolute atomic E-state index is 12.0. The van der Waals surface area contributed by atoms with E-state index < -0.39 is 5.92 Å². The van der Waals surface area contributed by atoms with Crippen molar-refractivity contribution in [2.24, 2.45) is 5.92 Å². The van der Waals surface area contributed by atoms with Gasteiger partial charge < -0.3 is 4.90 Å². The van der Waals surface area contributed by atoms with Gasteiger partial charge >= 0.3 is 0 Å². The van der Waals surface area contributed by atoms with Crippen LogP contribution in [0, 0.1) is 5.92 Å². The van der Waals surface area contributed by atoms with Crippen molar-refractivity contribution >= 4 is 27.6 Å². The number of hydrogen-bond acceptors (Lipinski definition) is 2. The van der Waals surface area contributed by atoms with Gasteiger partial charge in [0, 0.05) is 13.1 Å². The standard InChI is InChI=1S/C13H14BrNO2/c14-8-12(16)11-6-7-15(13(11)17)9-10-4-2-1-3-5-10/h1-5,11H,6-9H2. The number of halogens is 1. The summed E-state index contributed by atoms with van der Waals surface area (Å²) in [5.41, 5.74) is 1.10. The van der Waals surface area contributed by atoms with Crippen LogP contribution < -0.4 is 0 Å².